The molecule has 2 rings (SSSR count). The summed E-state index contributed by atoms with van der Waals surface area (Å²) in [4.78, 5) is 2.53. The third kappa shape index (κ3) is 3.97. The molecule has 1 aromatic carbocycles. The van der Waals surface area contributed by atoms with E-state index in [1.54, 1.807) is 0 Å². The number of nitrogens with zero attached hydrogens (tertiary/aromatic N) is 1. The maximum atomic E-state index is 9.83. The van der Waals surface area contributed by atoms with E-state index >= 15 is 0 Å². The van der Waals surface area contributed by atoms with E-state index in [1.807, 2.05) is 18.2 Å². The zero-order chi connectivity index (χ0) is 12.8. The Bertz CT molecular complexity index is 378. The van der Waals surface area contributed by atoms with Gasteiger partial charge in [0.1, 0.15) is 5.75 Å². The van der Waals surface area contributed by atoms with Crippen molar-refractivity contribution in [1.29, 1.82) is 0 Å². The predicted molar refractivity (Wildman–Crippen MR) is 77.8 cm³/mol. The van der Waals surface area contributed by atoms with Crippen LogP contribution in [0.3, 0.4) is 0 Å². The lowest BCUT2D eigenvalue weighted by molar-refractivity contribution is 0.331. The van der Waals surface area contributed by atoms with Crippen LogP contribution in [-0.2, 0) is 6.54 Å². The third-order valence-electron chi connectivity index (χ3n) is 3.41. The van der Waals surface area contributed by atoms with Crippen LogP contribution in [0.5, 0.6) is 5.75 Å². The second-order valence-corrected chi connectivity index (χ2v) is 5.68. The van der Waals surface area contributed by atoms with Crippen LogP contribution in [0.2, 0.25) is 0 Å². The van der Waals surface area contributed by atoms with E-state index in [1.165, 1.54) is 38.9 Å². The highest BCUT2D eigenvalue weighted by Gasteiger charge is 2.10. The zero-order valence-corrected chi connectivity index (χ0v) is 12.2. The van der Waals surface area contributed by atoms with Gasteiger partial charge in [-0.05, 0) is 67.4 Å². The Hall–Kier alpha value is -0.580. The molecule has 1 aromatic rings. The summed E-state index contributed by atoms with van der Waals surface area (Å²) in [6.45, 7) is 5.46. The summed E-state index contributed by atoms with van der Waals surface area (Å²) < 4.78 is 0.763. The summed E-state index contributed by atoms with van der Waals surface area (Å²) in [5.41, 5.74) is 0.950. The summed E-state index contributed by atoms with van der Waals surface area (Å²) >= 11 is 3.33. The van der Waals surface area contributed by atoms with Crippen LogP contribution in [0.15, 0.2) is 22.7 Å². The maximum Gasteiger partial charge on any atom is 0.134 e. The molecule has 0 saturated carbocycles. The SMILES string of the molecule is Oc1c(Br)cccc1CNCCCN1CCCC1. The van der Waals surface area contributed by atoms with Gasteiger partial charge < -0.3 is 15.3 Å². The van der Waals surface area contributed by atoms with Crippen molar-refractivity contribution in [3.63, 3.8) is 0 Å². The Morgan fingerprint density at radius 1 is 1.28 bits per heavy atom. The molecule has 0 spiro atoms. The molecule has 1 fully saturated rings. The molecule has 0 aromatic heterocycles. The molecule has 0 atom stereocenters. The molecule has 3 nitrogen and oxygen atoms in total. The number of nitrogens with one attached hydrogen (secondary N) is 1. The number of halogens is 1. The van der Waals surface area contributed by atoms with Gasteiger partial charge in [0.15, 0.2) is 0 Å². The van der Waals surface area contributed by atoms with Gasteiger partial charge in [0.05, 0.1) is 4.47 Å². The molecule has 100 valence electrons. The molecular formula is C14H21BrN2O. The van der Waals surface area contributed by atoms with Gasteiger partial charge in [-0.2, -0.15) is 0 Å². The van der Waals surface area contributed by atoms with Crippen molar-refractivity contribution in [2.24, 2.45) is 0 Å². The molecule has 1 aliphatic rings. The highest BCUT2D eigenvalue weighted by atomic mass is 79.9. The molecule has 0 aliphatic carbocycles. The minimum atomic E-state index is 0.351. The fourth-order valence-electron chi connectivity index (χ4n) is 2.36. The van der Waals surface area contributed by atoms with Gasteiger partial charge in [0.25, 0.3) is 0 Å². The average molecular weight is 313 g/mol. The van der Waals surface area contributed by atoms with Crippen LogP contribution in [0.4, 0.5) is 0 Å². The molecule has 18 heavy (non-hydrogen) atoms. The molecule has 0 radical (unpaired) electrons. The van der Waals surface area contributed by atoms with Crippen LogP contribution >= 0.6 is 15.9 Å². The maximum absolute atomic E-state index is 9.83. The first-order valence-corrected chi connectivity index (χ1v) is 7.46. The summed E-state index contributed by atoms with van der Waals surface area (Å²) in [5.74, 6) is 0.351. The van der Waals surface area contributed by atoms with Gasteiger partial charge in [0, 0.05) is 12.1 Å². The Morgan fingerprint density at radius 3 is 2.83 bits per heavy atom. The normalized spacial score (nSPS) is 16.3. The highest BCUT2D eigenvalue weighted by Crippen LogP contribution is 2.27. The van der Waals surface area contributed by atoms with Crippen LogP contribution in [-0.4, -0.2) is 36.2 Å². The van der Waals surface area contributed by atoms with E-state index in [2.05, 4.69) is 26.1 Å². The largest absolute Gasteiger partial charge is 0.506 e. The van der Waals surface area contributed by atoms with Gasteiger partial charge >= 0.3 is 0 Å². The monoisotopic (exact) mass is 312 g/mol. The van der Waals surface area contributed by atoms with Crippen molar-refractivity contribution in [1.82, 2.24) is 10.2 Å². The molecule has 1 saturated heterocycles. The number of rotatable bonds is 6. The van der Waals surface area contributed by atoms with Gasteiger partial charge in [-0.15, -0.1) is 0 Å². The molecule has 1 aliphatic heterocycles. The minimum Gasteiger partial charge on any atom is -0.506 e. The van der Waals surface area contributed by atoms with E-state index in [0.29, 0.717) is 5.75 Å². The summed E-state index contributed by atoms with van der Waals surface area (Å²) in [6.07, 6.45) is 3.90. The number of aromatic hydroxyl groups is 1. The number of phenolic OH excluding ortho intramolecular Hbond substituents is 1. The number of phenols is 1. The Balaban J connectivity index is 1.64. The van der Waals surface area contributed by atoms with Crippen LogP contribution in [0.1, 0.15) is 24.8 Å². The van der Waals surface area contributed by atoms with Crippen molar-refractivity contribution in [3.05, 3.63) is 28.2 Å². The molecular weight excluding hydrogens is 292 g/mol. The summed E-state index contributed by atoms with van der Waals surface area (Å²) in [5, 5.41) is 13.2. The summed E-state index contributed by atoms with van der Waals surface area (Å²) in [6, 6.07) is 5.75. The van der Waals surface area contributed by atoms with Crippen molar-refractivity contribution in [2.45, 2.75) is 25.8 Å². The standard InChI is InChI=1S/C14H21BrN2O/c15-13-6-3-5-12(14(13)18)11-16-7-4-10-17-8-1-2-9-17/h3,5-6,16,18H,1-2,4,7-11H2. The topological polar surface area (TPSA) is 35.5 Å². The zero-order valence-electron chi connectivity index (χ0n) is 10.7. The van der Waals surface area contributed by atoms with Gasteiger partial charge in [-0.25, -0.2) is 0 Å². The number of benzene rings is 1. The molecule has 1 heterocycles. The first-order chi connectivity index (χ1) is 8.77. The van der Waals surface area contributed by atoms with Gasteiger partial charge in [0.2, 0.25) is 0 Å². The predicted octanol–water partition coefficient (Wildman–Crippen LogP) is 2.73. The Kier molecular flexibility index (Phi) is 5.47. The highest BCUT2D eigenvalue weighted by molar-refractivity contribution is 9.10. The molecule has 4 heteroatoms. The summed E-state index contributed by atoms with van der Waals surface area (Å²) in [7, 11) is 0. The van der Waals surface area contributed by atoms with Crippen molar-refractivity contribution in [2.75, 3.05) is 26.2 Å². The Morgan fingerprint density at radius 2 is 2.06 bits per heavy atom. The smallest absolute Gasteiger partial charge is 0.134 e. The van der Waals surface area contributed by atoms with E-state index in [-0.39, 0.29) is 0 Å². The second kappa shape index (κ2) is 7.12. The van der Waals surface area contributed by atoms with E-state index in [0.717, 1.165) is 23.1 Å². The first-order valence-electron chi connectivity index (χ1n) is 6.67. The molecule has 0 unspecified atom stereocenters. The van der Waals surface area contributed by atoms with E-state index < -0.39 is 0 Å². The lowest BCUT2D eigenvalue weighted by Gasteiger charge is -2.14. The van der Waals surface area contributed by atoms with Crippen molar-refractivity contribution in [3.8, 4) is 5.75 Å². The Labute approximate surface area is 117 Å². The van der Waals surface area contributed by atoms with E-state index in [9.17, 15) is 5.11 Å². The van der Waals surface area contributed by atoms with Crippen molar-refractivity contribution >= 4 is 15.9 Å². The van der Waals surface area contributed by atoms with Crippen molar-refractivity contribution < 1.29 is 5.11 Å². The number of hydrogen-bond acceptors (Lipinski definition) is 3. The average Bonchev–Trinajstić information content (AvgIpc) is 2.87. The molecule has 0 bridgehead atoms. The van der Waals surface area contributed by atoms with Crippen LogP contribution in [0.25, 0.3) is 0 Å². The number of hydrogen-bond donors (Lipinski definition) is 2. The third-order valence-corrected chi connectivity index (χ3v) is 4.05. The van der Waals surface area contributed by atoms with Gasteiger partial charge in [-0.1, -0.05) is 12.1 Å². The lowest BCUT2D eigenvalue weighted by atomic mass is 10.2. The van der Waals surface area contributed by atoms with Crippen LogP contribution < -0.4 is 5.32 Å². The number of para-hydroxylation sites is 1. The van der Waals surface area contributed by atoms with Crippen LogP contribution in [0, 0.1) is 0 Å². The fourth-order valence-corrected chi connectivity index (χ4v) is 2.77. The minimum absolute atomic E-state index is 0.351. The molecule has 0 amide bonds. The first kappa shape index (κ1) is 13.8. The quantitative estimate of drug-likeness (QED) is 0.793. The molecule has 2 N–H and O–H groups in total. The number of likely N-dealkylation sites (tertiary alicyclic amines) is 1. The lowest BCUT2D eigenvalue weighted by Crippen LogP contribution is -2.24. The van der Waals surface area contributed by atoms with Gasteiger partial charge in [-0.3, -0.25) is 0 Å². The van der Waals surface area contributed by atoms with E-state index in [4.69, 9.17) is 0 Å². The fraction of sp³-hybridized carbons (Fsp3) is 0.571. The second-order valence-electron chi connectivity index (χ2n) is 4.83.